The first kappa shape index (κ1) is 14.9. The van der Waals surface area contributed by atoms with Gasteiger partial charge in [-0.25, -0.2) is 0 Å². The first-order valence-electron chi connectivity index (χ1n) is 5.84. The molecule has 0 aliphatic heterocycles. The molecule has 0 atom stereocenters. The maximum atomic E-state index is 10.4. The summed E-state index contributed by atoms with van der Waals surface area (Å²) in [5.74, 6) is -0.460. The van der Waals surface area contributed by atoms with E-state index in [1.165, 1.54) is 0 Å². The average Bonchev–Trinajstić information content (AvgIpc) is 2.60. The molecular formula is C11H19ClN4O2. The zero-order chi connectivity index (χ0) is 13.5. The molecule has 0 bridgehead atoms. The molecule has 0 unspecified atom stereocenters. The predicted octanol–water partition coefficient (Wildman–Crippen LogP) is 0.456. The number of carbonyl (C=O) groups excluding carboxylic acids is 1. The van der Waals surface area contributed by atoms with Crippen molar-refractivity contribution in [2.45, 2.75) is 26.9 Å². The molecule has 18 heavy (non-hydrogen) atoms. The van der Waals surface area contributed by atoms with E-state index in [2.05, 4.69) is 10.4 Å². The van der Waals surface area contributed by atoms with E-state index in [0.717, 1.165) is 17.9 Å². The van der Waals surface area contributed by atoms with Crippen LogP contribution < -0.4 is 11.1 Å². The van der Waals surface area contributed by atoms with Crippen LogP contribution in [-0.4, -0.2) is 35.4 Å². The fourth-order valence-corrected chi connectivity index (χ4v) is 1.76. The van der Waals surface area contributed by atoms with Gasteiger partial charge in [0.2, 0.25) is 5.91 Å². The highest BCUT2D eigenvalue weighted by molar-refractivity contribution is 6.31. The molecule has 3 N–H and O–H groups in total. The lowest BCUT2D eigenvalue weighted by Crippen LogP contribution is -2.24. The number of halogens is 1. The second-order valence-electron chi connectivity index (χ2n) is 3.86. The van der Waals surface area contributed by atoms with Gasteiger partial charge in [0.25, 0.3) is 0 Å². The smallest absolute Gasteiger partial charge is 0.243 e. The van der Waals surface area contributed by atoms with Crippen molar-refractivity contribution < 1.29 is 9.53 Å². The number of ether oxygens (including phenoxy) is 1. The van der Waals surface area contributed by atoms with Crippen LogP contribution in [0.5, 0.6) is 0 Å². The molecule has 0 aliphatic carbocycles. The van der Waals surface area contributed by atoms with E-state index < -0.39 is 5.91 Å². The summed E-state index contributed by atoms with van der Waals surface area (Å²) in [6, 6.07) is 0. The van der Waals surface area contributed by atoms with Crippen LogP contribution in [0.4, 0.5) is 0 Å². The quantitative estimate of drug-likeness (QED) is 0.675. The normalized spacial score (nSPS) is 10.8. The summed E-state index contributed by atoms with van der Waals surface area (Å²) in [4.78, 5) is 10.4. The number of nitrogens with one attached hydrogen (secondary N) is 1. The zero-order valence-electron chi connectivity index (χ0n) is 10.7. The second-order valence-corrected chi connectivity index (χ2v) is 4.24. The lowest BCUT2D eigenvalue weighted by atomic mass is 10.3. The van der Waals surface area contributed by atoms with Crippen LogP contribution in [0.25, 0.3) is 0 Å². The first-order valence-corrected chi connectivity index (χ1v) is 6.22. The fraction of sp³-hybridized carbons (Fsp3) is 0.636. The number of nitrogens with zero attached hydrogens (tertiary/aromatic N) is 2. The van der Waals surface area contributed by atoms with Gasteiger partial charge in [0.05, 0.1) is 23.0 Å². The van der Waals surface area contributed by atoms with Gasteiger partial charge in [0, 0.05) is 19.6 Å². The van der Waals surface area contributed by atoms with E-state index >= 15 is 0 Å². The van der Waals surface area contributed by atoms with E-state index in [1.54, 1.807) is 0 Å². The van der Waals surface area contributed by atoms with E-state index in [4.69, 9.17) is 22.1 Å². The van der Waals surface area contributed by atoms with Crippen molar-refractivity contribution in [1.29, 1.82) is 0 Å². The van der Waals surface area contributed by atoms with Crippen molar-refractivity contribution in [3.8, 4) is 0 Å². The Morgan fingerprint density at radius 2 is 2.33 bits per heavy atom. The maximum absolute atomic E-state index is 10.4. The van der Waals surface area contributed by atoms with Gasteiger partial charge in [-0.05, 0) is 13.8 Å². The van der Waals surface area contributed by atoms with Gasteiger partial charge >= 0.3 is 0 Å². The minimum Gasteiger partial charge on any atom is -0.370 e. The Balaban J connectivity index is 2.33. The molecule has 0 saturated heterocycles. The summed E-state index contributed by atoms with van der Waals surface area (Å²) >= 11 is 6.16. The van der Waals surface area contributed by atoms with E-state index in [0.29, 0.717) is 24.7 Å². The molecule has 6 nitrogen and oxygen atoms in total. The number of carbonyl (C=O) groups is 1. The number of nitrogens with two attached hydrogens (primary N) is 1. The summed E-state index contributed by atoms with van der Waals surface area (Å²) in [7, 11) is 0. The van der Waals surface area contributed by atoms with E-state index in [-0.39, 0.29) is 6.61 Å². The molecule has 0 spiro atoms. The van der Waals surface area contributed by atoms with Crippen LogP contribution in [0.15, 0.2) is 0 Å². The Morgan fingerprint density at radius 1 is 1.61 bits per heavy atom. The number of aryl methyl sites for hydroxylation is 2. The largest absolute Gasteiger partial charge is 0.370 e. The summed E-state index contributed by atoms with van der Waals surface area (Å²) in [6.07, 6.45) is 0. The molecule has 1 aromatic heterocycles. The topological polar surface area (TPSA) is 82.2 Å². The molecule has 0 aliphatic rings. The summed E-state index contributed by atoms with van der Waals surface area (Å²) in [5.41, 5.74) is 6.74. The van der Waals surface area contributed by atoms with Gasteiger partial charge in [0.1, 0.15) is 6.61 Å². The number of amides is 1. The van der Waals surface area contributed by atoms with Crippen LogP contribution in [0.2, 0.25) is 5.02 Å². The van der Waals surface area contributed by atoms with Crippen LogP contribution in [0, 0.1) is 6.92 Å². The number of aromatic nitrogens is 2. The molecule has 1 rings (SSSR count). The number of hydrogen-bond acceptors (Lipinski definition) is 4. The first-order chi connectivity index (χ1) is 8.56. The van der Waals surface area contributed by atoms with E-state index in [1.807, 2.05) is 18.5 Å². The van der Waals surface area contributed by atoms with Gasteiger partial charge in [-0.1, -0.05) is 11.6 Å². The Kier molecular flexibility index (Phi) is 6.11. The van der Waals surface area contributed by atoms with E-state index in [9.17, 15) is 4.79 Å². The number of rotatable bonds is 8. The van der Waals surface area contributed by atoms with Gasteiger partial charge < -0.3 is 15.8 Å². The maximum Gasteiger partial charge on any atom is 0.243 e. The highest BCUT2D eigenvalue weighted by atomic mass is 35.5. The molecule has 102 valence electrons. The minimum atomic E-state index is -0.460. The van der Waals surface area contributed by atoms with Gasteiger partial charge in [-0.2, -0.15) is 5.10 Å². The van der Waals surface area contributed by atoms with Crippen molar-refractivity contribution in [2.24, 2.45) is 5.73 Å². The monoisotopic (exact) mass is 274 g/mol. The predicted molar refractivity (Wildman–Crippen MR) is 69.4 cm³/mol. The third-order valence-corrected chi connectivity index (χ3v) is 2.90. The molecule has 0 aromatic carbocycles. The molecule has 1 aromatic rings. The zero-order valence-corrected chi connectivity index (χ0v) is 11.5. The summed E-state index contributed by atoms with van der Waals surface area (Å²) in [6.45, 7) is 6.30. The molecule has 0 saturated carbocycles. The second kappa shape index (κ2) is 7.35. The SMILES string of the molecule is CCn1nc(C)c(Cl)c1CNCCOCC(N)=O. The fourth-order valence-electron chi connectivity index (χ4n) is 1.56. The minimum absolute atomic E-state index is 0.0472. The third-order valence-electron chi connectivity index (χ3n) is 2.41. The van der Waals surface area contributed by atoms with Crippen molar-refractivity contribution in [3.05, 3.63) is 16.4 Å². The lowest BCUT2D eigenvalue weighted by molar-refractivity contribution is -0.122. The van der Waals surface area contributed by atoms with Gasteiger partial charge in [-0.3, -0.25) is 9.48 Å². The average molecular weight is 275 g/mol. The van der Waals surface area contributed by atoms with Crippen LogP contribution >= 0.6 is 11.6 Å². The highest BCUT2D eigenvalue weighted by Gasteiger charge is 2.11. The molecule has 0 fully saturated rings. The Hall–Kier alpha value is -1.11. The van der Waals surface area contributed by atoms with Crippen LogP contribution in [0.3, 0.4) is 0 Å². The molecule has 1 heterocycles. The molecule has 0 radical (unpaired) electrons. The number of hydrogen-bond donors (Lipinski definition) is 2. The Labute approximate surface area is 111 Å². The Morgan fingerprint density at radius 3 is 2.94 bits per heavy atom. The Bertz CT molecular complexity index is 406. The van der Waals surface area contributed by atoms with Crippen molar-refractivity contribution in [2.75, 3.05) is 19.8 Å². The van der Waals surface area contributed by atoms with Crippen molar-refractivity contribution >= 4 is 17.5 Å². The molecular weight excluding hydrogens is 256 g/mol. The van der Waals surface area contributed by atoms with Gasteiger partial charge in [0.15, 0.2) is 0 Å². The van der Waals surface area contributed by atoms with Crippen molar-refractivity contribution in [3.63, 3.8) is 0 Å². The third kappa shape index (κ3) is 4.29. The van der Waals surface area contributed by atoms with Crippen LogP contribution in [-0.2, 0) is 22.6 Å². The molecule has 1 amide bonds. The molecule has 7 heteroatoms. The highest BCUT2D eigenvalue weighted by Crippen LogP contribution is 2.19. The standard InChI is InChI=1S/C11H19ClN4O2/c1-3-16-9(11(12)8(2)15-16)6-14-4-5-18-7-10(13)17/h14H,3-7H2,1-2H3,(H2,13,17). The summed E-state index contributed by atoms with van der Waals surface area (Å²) < 4.78 is 6.90. The van der Waals surface area contributed by atoms with Gasteiger partial charge in [-0.15, -0.1) is 0 Å². The lowest BCUT2D eigenvalue weighted by Gasteiger charge is -2.07. The van der Waals surface area contributed by atoms with Crippen molar-refractivity contribution in [1.82, 2.24) is 15.1 Å². The number of primary amides is 1. The van der Waals surface area contributed by atoms with Crippen LogP contribution in [0.1, 0.15) is 18.3 Å². The summed E-state index contributed by atoms with van der Waals surface area (Å²) in [5, 5.41) is 8.20.